The highest BCUT2D eigenvalue weighted by Gasteiger charge is 2.28. The molecule has 0 saturated carbocycles. The fourth-order valence-corrected chi connectivity index (χ4v) is 1.80. The number of nitrogens with zero attached hydrogens (tertiary/aromatic N) is 1. The molecule has 0 amide bonds. The van der Waals surface area contributed by atoms with Gasteiger partial charge in [0, 0.05) is 11.0 Å². The van der Waals surface area contributed by atoms with Crippen molar-refractivity contribution in [3.05, 3.63) is 41.3 Å². The van der Waals surface area contributed by atoms with Gasteiger partial charge in [-0.05, 0) is 37.0 Å². The molecule has 0 aromatic heterocycles. The lowest BCUT2D eigenvalue weighted by molar-refractivity contribution is -0.142. The summed E-state index contributed by atoms with van der Waals surface area (Å²) in [6.45, 7) is 3.35. The summed E-state index contributed by atoms with van der Waals surface area (Å²) in [5.41, 5.74) is -0.121. The zero-order valence-electron chi connectivity index (χ0n) is 9.68. The number of carbonyl (C=O) groups is 1. The number of carboxylic acid groups (broad SMARTS) is 1. The molecule has 0 unspecified atom stereocenters. The molecule has 4 heteroatoms. The van der Waals surface area contributed by atoms with E-state index >= 15 is 0 Å². The number of allylic oxidation sites excluding steroid dienone is 1. The molecule has 1 aromatic carbocycles. The number of aliphatic carboxylic acids is 1. The van der Waals surface area contributed by atoms with Crippen molar-refractivity contribution in [3.63, 3.8) is 0 Å². The first-order valence-corrected chi connectivity index (χ1v) is 5.91. The molecule has 0 saturated heterocycles. The van der Waals surface area contributed by atoms with E-state index in [1.54, 1.807) is 31.4 Å². The van der Waals surface area contributed by atoms with Crippen LogP contribution in [0.25, 0.3) is 0 Å². The molecular weight excluding hydrogens is 234 g/mol. The molecule has 0 radical (unpaired) electrons. The van der Waals surface area contributed by atoms with Crippen molar-refractivity contribution in [3.8, 4) is 6.07 Å². The van der Waals surface area contributed by atoms with Crippen molar-refractivity contribution in [2.24, 2.45) is 0 Å². The topological polar surface area (TPSA) is 61.1 Å². The Morgan fingerprint density at radius 3 is 2.47 bits per heavy atom. The number of benzene rings is 1. The second-order valence-electron chi connectivity index (χ2n) is 4.00. The Bertz CT molecular complexity index is 469. The van der Waals surface area contributed by atoms with Crippen LogP contribution in [0.1, 0.15) is 19.4 Å². The lowest BCUT2D eigenvalue weighted by Gasteiger charge is -2.19. The van der Waals surface area contributed by atoms with Crippen LogP contribution in [0.3, 0.4) is 0 Å². The largest absolute Gasteiger partial charge is 0.481 e. The summed E-state index contributed by atoms with van der Waals surface area (Å²) in [5, 5.41) is 19.1. The molecule has 0 aliphatic carbocycles. The van der Waals surface area contributed by atoms with Gasteiger partial charge in [0.05, 0.1) is 11.5 Å². The van der Waals surface area contributed by atoms with Gasteiger partial charge in [0.2, 0.25) is 0 Å². The fraction of sp³-hybridized carbons (Fsp3) is 0.231. The predicted octanol–water partition coefficient (Wildman–Crippen LogP) is 3.18. The molecular formula is C13H13NO2S. The molecule has 0 heterocycles. The lowest BCUT2D eigenvalue weighted by atomic mass is 9.85. The maximum atomic E-state index is 11.1. The van der Waals surface area contributed by atoms with Gasteiger partial charge in [-0.25, -0.2) is 0 Å². The molecule has 0 spiro atoms. The Balaban J connectivity index is 2.85. The van der Waals surface area contributed by atoms with Gasteiger partial charge in [0.1, 0.15) is 0 Å². The molecule has 17 heavy (non-hydrogen) atoms. The van der Waals surface area contributed by atoms with Crippen molar-refractivity contribution in [1.29, 1.82) is 5.26 Å². The minimum absolute atomic E-state index is 0.763. The predicted molar refractivity (Wildman–Crippen MR) is 67.7 cm³/mol. The summed E-state index contributed by atoms with van der Waals surface area (Å²) in [4.78, 5) is 12.0. The van der Waals surface area contributed by atoms with Gasteiger partial charge in [-0.2, -0.15) is 5.26 Å². The van der Waals surface area contributed by atoms with E-state index in [4.69, 9.17) is 10.4 Å². The molecule has 1 aromatic rings. The third-order valence-corrected chi connectivity index (χ3v) is 3.27. The average Bonchev–Trinajstić information content (AvgIpc) is 2.30. The quantitative estimate of drug-likeness (QED) is 0.655. The molecule has 0 atom stereocenters. The Morgan fingerprint density at radius 1 is 1.41 bits per heavy atom. The third kappa shape index (κ3) is 3.36. The van der Waals surface area contributed by atoms with Crippen LogP contribution >= 0.6 is 11.8 Å². The highest BCUT2D eigenvalue weighted by atomic mass is 32.2. The first kappa shape index (κ1) is 13.3. The van der Waals surface area contributed by atoms with Gasteiger partial charge < -0.3 is 5.11 Å². The van der Waals surface area contributed by atoms with Crippen molar-refractivity contribution in [1.82, 2.24) is 0 Å². The van der Waals surface area contributed by atoms with Crippen molar-refractivity contribution < 1.29 is 9.90 Å². The summed E-state index contributed by atoms with van der Waals surface area (Å²) in [5.74, 6) is -0.845. The molecule has 1 N–H and O–H groups in total. The Labute approximate surface area is 105 Å². The van der Waals surface area contributed by atoms with Crippen LogP contribution in [0.15, 0.2) is 40.6 Å². The number of thioether (sulfide) groups is 1. The van der Waals surface area contributed by atoms with Gasteiger partial charge in [0.15, 0.2) is 0 Å². The fourth-order valence-electron chi connectivity index (χ4n) is 1.22. The van der Waals surface area contributed by atoms with E-state index in [0.29, 0.717) is 0 Å². The van der Waals surface area contributed by atoms with E-state index in [0.717, 1.165) is 10.5 Å². The number of nitriles is 1. The van der Waals surface area contributed by atoms with Crippen LogP contribution in [0.5, 0.6) is 0 Å². The van der Waals surface area contributed by atoms with Gasteiger partial charge in [0.25, 0.3) is 0 Å². The first-order valence-electron chi connectivity index (χ1n) is 5.03. The summed E-state index contributed by atoms with van der Waals surface area (Å²) >= 11 is 1.42. The third-order valence-electron chi connectivity index (χ3n) is 2.46. The van der Waals surface area contributed by atoms with Gasteiger partial charge >= 0.3 is 5.97 Å². The van der Waals surface area contributed by atoms with E-state index in [2.05, 4.69) is 0 Å². The summed E-state index contributed by atoms with van der Waals surface area (Å²) < 4.78 is 0. The molecule has 0 aliphatic rings. The minimum atomic E-state index is -0.883. The molecule has 1 rings (SSSR count). The molecule has 0 fully saturated rings. The van der Waals surface area contributed by atoms with Crippen molar-refractivity contribution in [2.75, 3.05) is 0 Å². The molecule has 0 bridgehead atoms. The van der Waals surface area contributed by atoms with Crippen LogP contribution in [0, 0.1) is 11.3 Å². The second-order valence-corrected chi connectivity index (χ2v) is 4.98. The highest BCUT2D eigenvalue weighted by molar-refractivity contribution is 8.02. The van der Waals surface area contributed by atoms with Crippen molar-refractivity contribution in [2.45, 2.75) is 24.2 Å². The normalized spacial score (nSPS) is 11.4. The van der Waals surface area contributed by atoms with Gasteiger partial charge in [-0.3, -0.25) is 4.79 Å². The standard InChI is InChI=1S/C13H13NO2S/c1-13(2,12(15)16)10-4-6-11(7-5-10)17-9-3-8-14/h3-7,9H,1-2H3,(H,15,16)/b9-3+. The summed E-state index contributed by atoms with van der Waals surface area (Å²) in [6, 6.07) is 9.22. The smallest absolute Gasteiger partial charge is 0.313 e. The van der Waals surface area contributed by atoms with E-state index in [1.807, 2.05) is 18.2 Å². The SMILES string of the molecule is CC(C)(C(=O)O)c1ccc(S/C=C/C#N)cc1. The summed E-state index contributed by atoms with van der Waals surface area (Å²) in [7, 11) is 0. The minimum Gasteiger partial charge on any atom is -0.481 e. The number of carboxylic acids is 1. The van der Waals surface area contributed by atoms with Crippen LogP contribution in [-0.4, -0.2) is 11.1 Å². The number of hydrogen-bond acceptors (Lipinski definition) is 3. The van der Waals surface area contributed by atoms with Gasteiger partial charge in [-0.15, -0.1) is 0 Å². The average molecular weight is 247 g/mol. The van der Waals surface area contributed by atoms with Crippen molar-refractivity contribution >= 4 is 17.7 Å². The first-order chi connectivity index (χ1) is 7.98. The van der Waals surface area contributed by atoms with Crippen LogP contribution in [0.2, 0.25) is 0 Å². The molecule has 0 aliphatic heterocycles. The zero-order valence-corrected chi connectivity index (χ0v) is 10.5. The number of hydrogen-bond donors (Lipinski definition) is 1. The monoisotopic (exact) mass is 247 g/mol. The van der Waals surface area contributed by atoms with Crippen LogP contribution in [0.4, 0.5) is 0 Å². The van der Waals surface area contributed by atoms with Gasteiger partial charge in [-0.1, -0.05) is 23.9 Å². The van der Waals surface area contributed by atoms with E-state index in [9.17, 15) is 4.79 Å². The van der Waals surface area contributed by atoms with E-state index < -0.39 is 11.4 Å². The van der Waals surface area contributed by atoms with Crippen LogP contribution in [-0.2, 0) is 10.2 Å². The summed E-state index contributed by atoms with van der Waals surface area (Å²) in [6.07, 6.45) is 1.40. The Hall–Kier alpha value is -1.73. The lowest BCUT2D eigenvalue weighted by Crippen LogP contribution is -2.28. The highest BCUT2D eigenvalue weighted by Crippen LogP contribution is 2.26. The second kappa shape index (κ2) is 5.55. The maximum absolute atomic E-state index is 11.1. The molecule has 88 valence electrons. The van der Waals surface area contributed by atoms with E-state index in [-0.39, 0.29) is 0 Å². The van der Waals surface area contributed by atoms with Crippen LogP contribution < -0.4 is 0 Å². The Morgan fingerprint density at radius 2 is 2.00 bits per heavy atom. The van der Waals surface area contributed by atoms with E-state index in [1.165, 1.54) is 17.8 Å². The number of rotatable bonds is 4. The Kier molecular flexibility index (Phi) is 4.36. The molecule has 3 nitrogen and oxygen atoms in total. The maximum Gasteiger partial charge on any atom is 0.313 e. The zero-order chi connectivity index (χ0) is 12.9.